The van der Waals surface area contributed by atoms with Gasteiger partial charge in [-0.25, -0.2) is 0 Å². The Balaban J connectivity index is 3.09. The second-order valence-corrected chi connectivity index (χ2v) is 4.63. The van der Waals surface area contributed by atoms with Crippen LogP contribution in [0.1, 0.15) is 25.8 Å². The Bertz CT molecular complexity index is 327. The summed E-state index contributed by atoms with van der Waals surface area (Å²) in [6, 6.07) is 7.65. The zero-order chi connectivity index (χ0) is 11.5. The third-order valence-corrected chi connectivity index (χ3v) is 3.36. The fourth-order valence-corrected chi connectivity index (χ4v) is 1.90. The molecule has 0 bridgehead atoms. The molecule has 1 aromatic rings. The second-order valence-electron chi connectivity index (χ2n) is 4.19. The Morgan fingerprint density at radius 3 is 2.67 bits per heavy atom. The lowest BCUT2D eigenvalue weighted by molar-refractivity contribution is 0.229. The van der Waals surface area contributed by atoms with Crippen LogP contribution in [0, 0.1) is 0 Å². The van der Waals surface area contributed by atoms with Crippen molar-refractivity contribution in [2.75, 3.05) is 6.61 Å². The van der Waals surface area contributed by atoms with Crippen molar-refractivity contribution < 1.29 is 5.11 Å². The maximum atomic E-state index is 9.09. The first-order chi connectivity index (χ1) is 7.00. The molecule has 3 heteroatoms. The first kappa shape index (κ1) is 12.5. The third-order valence-electron chi connectivity index (χ3n) is 3.12. The summed E-state index contributed by atoms with van der Waals surface area (Å²) in [5.74, 6) is 0. The van der Waals surface area contributed by atoms with Gasteiger partial charge in [0.2, 0.25) is 0 Å². The van der Waals surface area contributed by atoms with Crippen LogP contribution in [-0.4, -0.2) is 17.8 Å². The van der Waals surface area contributed by atoms with E-state index < -0.39 is 0 Å². The number of rotatable bonds is 4. The van der Waals surface area contributed by atoms with Gasteiger partial charge in [0.25, 0.3) is 0 Å². The standard InChI is InChI=1S/C12H18ClNO/c1-9(14)12(2,6-7-15)10-4-3-5-11(13)8-10/h3-5,8-9,15H,6-7,14H2,1-2H3. The van der Waals surface area contributed by atoms with Crippen molar-refractivity contribution in [1.29, 1.82) is 0 Å². The van der Waals surface area contributed by atoms with E-state index in [9.17, 15) is 0 Å². The molecule has 0 aliphatic carbocycles. The van der Waals surface area contributed by atoms with Crippen LogP contribution in [0.15, 0.2) is 24.3 Å². The molecular formula is C12H18ClNO. The van der Waals surface area contributed by atoms with Crippen molar-refractivity contribution in [3.05, 3.63) is 34.9 Å². The highest BCUT2D eigenvalue weighted by atomic mass is 35.5. The summed E-state index contributed by atoms with van der Waals surface area (Å²) in [7, 11) is 0. The Kier molecular flexibility index (Phi) is 4.14. The molecule has 0 fully saturated rings. The predicted molar refractivity (Wildman–Crippen MR) is 64.2 cm³/mol. The zero-order valence-electron chi connectivity index (χ0n) is 9.20. The minimum absolute atomic E-state index is 0.0249. The topological polar surface area (TPSA) is 46.2 Å². The normalized spacial score (nSPS) is 17.1. The van der Waals surface area contributed by atoms with E-state index in [4.69, 9.17) is 22.4 Å². The van der Waals surface area contributed by atoms with Gasteiger partial charge in [0.1, 0.15) is 0 Å². The minimum Gasteiger partial charge on any atom is -0.396 e. The molecule has 0 saturated carbocycles. The quantitative estimate of drug-likeness (QED) is 0.830. The summed E-state index contributed by atoms with van der Waals surface area (Å²) in [5.41, 5.74) is 6.84. The van der Waals surface area contributed by atoms with Crippen LogP contribution in [0.2, 0.25) is 5.02 Å². The van der Waals surface area contributed by atoms with Gasteiger partial charge in [-0.3, -0.25) is 0 Å². The van der Waals surface area contributed by atoms with E-state index in [1.54, 1.807) is 0 Å². The Hall–Kier alpha value is -0.570. The van der Waals surface area contributed by atoms with Crippen LogP contribution in [-0.2, 0) is 5.41 Å². The molecule has 0 radical (unpaired) electrons. The highest BCUT2D eigenvalue weighted by Gasteiger charge is 2.30. The van der Waals surface area contributed by atoms with Crippen LogP contribution in [0.25, 0.3) is 0 Å². The first-order valence-electron chi connectivity index (χ1n) is 5.13. The molecule has 2 unspecified atom stereocenters. The van der Waals surface area contributed by atoms with E-state index in [1.807, 2.05) is 31.2 Å². The lowest BCUT2D eigenvalue weighted by atomic mass is 9.74. The van der Waals surface area contributed by atoms with Gasteiger partial charge in [-0.15, -0.1) is 0 Å². The van der Waals surface area contributed by atoms with E-state index >= 15 is 0 Å². The minimum atomic E-state index is -0.223. The molecule has 0 saturated heterocycles. The van der Waals surface area contributed by atoms with Crippen LogP contribution in [0.3, 0.4) is 0 Å². The average molecular weight is 228 g/mol. The Labute approximate surface area is 96.1 Å². The van der Waals surface area contributed by atoms with Crippen molar-refractivity contribution in [1.82, 2.24) is 0 Å². The van der Waals surface area contributed by atoms with Crippen molar-refractivity contribution in [3.8, 4) is 0 Å². The summed E-state index contributed by atoms with van der Waals surface area (Å²) in [6.07, 6.45) is 0.644. The Morgan fingerprint density at radius 1 is 1.53 bits per heavy atom. The molecule has 0 aliphatic rings. The monoisotopic (exact) mass is 227 g/mol. The van der Waals surface area contributed by atoms with Crippen molar-refractivity contribution >= 4 is 11.6 Å². The van der Waals surface area contributed by atoms with Gasteiger partial charge in [-0.1, -0.05) is 30.7 Å². The second kappa shape index (κ2) is 4.97. The number of aliphatic hydroxyl groups is 1. The highest BCUT2D eigenvalue weighted by Crippen LogP contribution is 2.31. The molecule has 15 heavy (non-hydrogen) atoms. The number of halogens is 1. The van der Waals surface area contributed by atoms with Crippen LogP contribution >= 0.6 is 11.6 Å². The van der Waals surface area contributed by atoms with Gasteiger partial charge >= 0.3 is 0 Å². The van der Waals surface area contributed by atoms with Crippen LogP contribution < -0.4 is 5.73 Å². The maximum Gasteiger partial charge on any atom is 0.0440 e. The lowest BCUT2D eigenvalue weighted by Crippen LogP contribution is -2.41. The number of aliphatic hydroxyl groups excluding tert-OH is 1. The molecular weight excluding hydrogens is 210 g/mol. The van der Waals surface area contributed by atoms with E-state index in [-0.39, 0.29) is 18.1 Å². The van der Waals surface area contributed by atoms with Crippen molar-refractivity contribution in [2.24, 2.45) is 5.73 Å². The molecule has 0 aliphatic heterocycles. The van der Waals surface area contributed by atoms with Gasteiger partial charge in [-0.05, 0) is 31.0 Å². The summed E-state index contributed by atoms with van der Waals surface area (Å²) < 4.78 is 0. The van der Waals surface area contributed by atoms with E-state index in [0.717, 1.165) is 5.56 Å². The summed E-state index contributed by atoms with van der Waals surface area (Å²) >= 11 is 5.95. The summed E-state index contributed by atoms with van der Waals surface area (Å²) in [4.78, 5) is 0. The van der Waals surface area contributed by atoms with Gasteiger partial charge in [-0.2, -0.15) is 0 Å². The predicted octanol–water partition coefficient (Wildman–Crippen LogP) is 2.33. The van der Waals surface area contributed by atoms with E-state index in [1.165, 1.54) is 0 Å². The first-order valence-corrected chi connectivity index (χ1v) is 5.51. The highest BCUT2D eigenvalue weighted by molar-refractivity contribution is 6.30. The Morgan fingerprint density at radius 2 is 2.20 bits per heavy atom. The fraction of sp³-hybridized carbons (Fsp3) is 0.500. The number of hydrogen-bond acceptors (Lipinski definition) is 2. The smallest absolute Gasteiger partial charge is 0.0440 e. The summed E-state index contributed by atoms with van der Waals surface area (Å²) in [5, 5.41) is 9.80. The fourth-order valence-electron chi connectivity index (χ4n) is 1.71. The number of benzene rings is 1. The van der Waals surface area contributed by atoms with Gasteiger partial charge in [0, 0.05) is 23.1 Å². The molecule has 1 rings (SSSR count). The molecule has 0 spiro atoms. The number of hydrogen-bond donors (Lipinski definition) is 2. The maximum absolute atomic E-state index is 9.09. The summed E-state index contributed by atoms with van der Waals surface area (Å²) in [6.45, 7) is 4.14. The molecule has 84 valence electrons. The largest absolute Gasteiger partial charge is 0.396 e. The number of nitrogens with two attached hydrogens (primary N) is 1. The van der Waals surface area contributed by atoms with E-state index in [2.05, 4.69) is 6.92 Å². The lowest BCUT2D eigenvalue weighted by Gasteiger charge is -2.33. The van der Waals surface area contributed by atoms with Crippen molar-refractivity contribution in [2.45, 2.75) is 31.7 Å². The molecule has 1 aromatic carbocycles. The molecule has 0 amide bonds. The van der Waals surface area contributed by atoms with Crippen LogP contribution in [0.4, 0.5) is 0 Å². The van der Waals surface area contributed by atoms with Gasteiger partial charge < -0.3 is 10.8 Å². The molecule has 3 N–H and O–H groups in total. The van der Waals surface area contributed by atoms with Gasteiger partial charge in [0.05, 0.1) is 0 Å². The van der Waals surface area contributed by atoms with Gasteiger partial charge in [0.15, 0.2) is 0 Å². The molecule has 0 heterocycles. The zero-order valence-corrected chi connectivity index (χ0v) is 9.96. The SMILES string of the molecule is CC(N)C(C)(CCO)c1cccc(Cl)c1. The molecule has 2 nitrogen and oxygen atoms in total. The van der Waals surface area contributed by atoms with E-state index in [0.29, 0.717) is 11.4 Å². The molecule has 2 atom stereocenters. The van der Waals surface area contributed by atoms with Crippen LogP contribution in [0.5, 0.6) is 0 Å². The van der Waals surface area contributed by atoms with Crippen molar-refractivity contribution in [3.63, 3.8) is 0 Å². The third kappa shape index (κ3) is 2.71. The molecule has 0 aromatic heterocycles. The average Bonchev–Trinajstić information content (AvgIpc) is 2.17.